The summed E-state index contributed by atoms with van der Waals surface area (Å²) in [7, 11) is 1.37. The van der Waals surface area contributed by atoms with E-state index >= 15 is 0 Å². The van der Waals surface area contributed by atoms with Gasteiger partial charge in [-0.1, -0.05) is 0 Å². The number of hydrogen-bond donors (Lipinski definition) is 2. The lowest BCUT2D eigenvalue weighted by atomic mass is 10.2. The van der Waals surface area contributed by atoms with Crippen molar-refractivity contribution >= 4 is 39.9 Å². The standard InChI is InChI=1S/C10H13IN2O2/c1-6(10(14)15-2)13-9-4-3-7(12)5-8(9)11/h3-6,13H,12H2,1-2H3. The molecule has 1 rings (SSSR count). The fourth-order valence-corrected chi connectivity index (χ4v) is 1.81. The summed E-state index contributed by atoms with van der Waals surface area (Å²) in [5.74, 6) is -0.289. The van der Waals surface area contributed by atoms with E-state index in [9.17, 15) is 4.79 Å². The van der Waals surface area contributed by atoms with Gasteiger partial charge in [-0.15, -0.1) is 0 Å². The van der Waals surface area contributed by atoms with Gasteiger partial charge in [-0.25, -0.2) is 4.79 Å². The van der Waals surface area contributed by atoms with Crippen molar-refractivity contribution in [2.75, 3.05) is 18.2 Å². The van der Waals surface area contributed by atoms with Gasteiger partial charge in [0.2, 0.25) is 0 Å². The molecule has 0 saturated carbocycles. The molecule has 0 heterocycles. The van der Waals surface area contributed by atoms with Gasteiger partial charge in [-0.3, -0.25) is 0 Å². The van der Waals surface area contributed by atoms with Crippen LogP contribution in [0.5, 0.6) is 0 Å². The first kappa shape index (κ1) is 12.1. The van der Waals surface area contributed by atoms with Crippen LogP contribution in [0.2, 0.25) is 0 Å². The summed E-state index contributed by atoms with van der Waals surface area (Å²) < 4.78 is 5.59. The fraction of sp³-hybridized carbons (Fsp3) is 0.300. The minimum atomic E-state index is -0.368. The Bertz CT molecular complexity index is 368. The second-order valence-corrected chi connectivity index (χ2v) is 4.29. The number of halogens is 1. The summed E-state index contributed by atoms with van der Waals surface area (Å²) in [5, 5.41) is 3.05. The smallest absolute Gasteiger partial charge is 0.327 e. The van der Waals surface area contributed by atoms with E-state index in [0.717, 1.165) is 9.26 Å². The predicted octanol–water partition coefficient (Wildman–Crippen LogP) is 1.85. The monoisotopic (exact) mass is 320 g/mol. The molecular weight excluding hydrogens is 307 g/mol. The van der Waals surface area contributed by atoms with Crippen LogP contribution in [0.4, 0.5) is 11.4 Å². The zero-order chi connectivity index (χ0) is 11.4. The second kappa shape index (κ2) is 5.20. The lowest BCUT2D eigenvalue weighted by Gasteiger charge is -2.14. The molecule has 82 valence electrons. The van der Waals surface area contributed by atoms with Crippen LogP contribution in [0.1, 0.15) is 6.92 Å². The Labute approximate surface area is 102 Å². The van der Waals surface area contributed by atoms with Crippen LogP contribution in [0, 0.1) is 3.57 Å². The van der Waals surface area contributed by atoms with Crippen molar-refractivity contribution in [1.29, 1.82) is 0 Å². The van der Waals surface area contributed by atoms with Crippen LogP contribution in [0.25, 0.3) is 0 Å². The molecule has 4 nitrogen and oxygen atoms in total. The van der Waals surface area contributed by atoms with Crippen molar-refractivity contribution in [3.63, 3.8) is 0 Å². The van der Waals surface area contributed by atoms with Gasteiger partial charge in [0.05, 0.1) is 7.11 Å². The molecule has 1 atom stereocenters. The Kier molecular flexibility index (Phi) is 4.19. The summed E-state index contributed by atoms with van der Waals surface area (Å²) in [4.78, 5) is 11.2. The maximum Gasteiger partial charge on any atom is 0.327 e. The Morgan fingerprint density at radius 2 is 2.27 bits per heavy atom. The highest BCUT2D eigenvalue weighted by Crippen LogP contribution is 2.21. The highest BCUT2D eigenvalue weighted by atomic mass is 127. The Morgan fingerprint density at radius 1 is 1.60 bits per heavy atom. The molecular formula is C10H13IN2O2. The molecule has 0 aromatic heterocycles. The van der Waals surface area contributed by atoms with Gasteiger partial charge in [0.25, 0.3) is 0 Å². The van der Waals surface area contributed by atoms with Crippen LogP contribution >= 0.6 is 22.6 Å². The largest absolute Gasteiger partial charge is 0.467 e. The van der Waals surface area contributed by atoms with Crippen molar-refractivity contribution < 1.29 is 9.53 Å². The summed E-state index contributed by atoms with van der Waals surface area (Å²) in [6.45, 7) is 1.75. The molecule has 0 aliphatic carbocycles. The first-order valence-corrected chi connectivity index (χ1v) is 5.52. The van der Waals surface area contributed by atoms with Crippen molar-refractivity contribution in [3.8, 4) is 0 Å². The summed E-state index contributed by atoms with van der Waals surface area (Å²) in [6, 6.07) is 5.10. The topological polar surface area (TPSA) is 64.3 Å². The van der Waals surface area contributed by atoms with E-state index in [-0.39, 0.29) is 12.0 Å². The van der Waals surface area contributed by atoms with E-state index in [1.807, 2.05) is 12.1 Å². The summed E-state index contributed by atoms with van der Waals surface area (Å²) in [6.07, 6.45) is 0. The zero-order valence-corrected chi connectivity index (χ0v) is 10.7. The predicted molar refractivity (Wildman–Crippen MR) is 68.7 cm³/mol. The van der Waals surface area contributed by atoms with Crippen molar-refractivity contribution in [2.45, 2.75) is 13.0 Å². The summed E-state index contributed by atoms with van der Waals surface area (Å²) in [5.41, 5.74) is 7.20. The number of esters is 1. The zero-order valence-electron chi connectivity index (χ0n) is 8.58. The lowest BCUT2D eigenvalue weighted by Crippen LogP contribution is -2.27. The number of nitrogens with two attached hydrogens (primary N) is 1. The van der Waals surface area contributed by atoms with E-state index in [0.29, 0.717) is 5.69 Å². The lowest BCUT2D eigenvalue weighted by molar-refractivity contribution is -0.141. The average molecular weight is 320 g/mol. The van der Waals surface area contributed by atoms with Gasteiger partial charge >= 0.3 is 5.97 Å². The molecule has 0 fully saturated rings. The second-order valence-electron chi connectivity index (χ2n) is 3.13. The number of benzene rings is 1. The minimum Gasteiger partial charge on any atom is -0.467 e. The van der Waals surface area contributed by atoms with E-state index in [1.54, 1.807) is 13.0 Å². The van der Waals surface area contributed by atoms with Crippen molar-refractivity contribution in [1.82, 2.24) is 0 Å². The van der Waals surface area contributed by atoms with Crippen LogP contribution in [-0.2, 0) is 9.53 Å². The first-order valence-electron chi connectivity index (χ1n) is 4.44. The number of carbonyl (C=O) groups is 1. The molecule has 0 saturated heterocycles. The molecule has 0 aliphatic rings. The number of nitrogens with one attached hydrogen (secondary N) is 1. The van der Waals surface area contributed by atoms with Crippen LogP contribution < -0.4 is 11.1 Å². The molecule has 3 N–H and O–H groups in total. The quantitative estimate of drug-likeness (QED) is 0.507. The van der Waals surface area contributed by atoms with Gasteiger partial charge in [-0.2, -0.15) is 0 Å². The molecule has 1 aromatic carbocycles. The molecule has 0 aliphatic heterocycles. The first-order chi connectivity index (χ1) is 7.04. The molecule has 1 aromatic rings. The fourth-order valence-electron chi connectivity index (χ4n) is 1.12. The highest BCUT2D eigenvalue weighted by molar-refractivity contribution is 14.1. The van der Waals surface area contributed by atoms with Crippen LogP contribution in [0.15, 0.2) is 18.2 Å². The van der Waals surface area contributed by atoms with E-state index in [2.05, 4.69) is 32.6 Å². The van der Waals surface area contributed by atoms with Gasteiger partial charge in [-0.05, 0) is 47.7 Å². The third kappa shape index (κ3) is 3.26. The van der Waals surface area contributed by atoms with Gasteiger partial charge in [0.1, 0.15) is 6.04 Å². The van der Waals surface area contributed by atoms with Crippen LogP contribution in [-0.4, -0.2) is 19.1 Å². The Balaban J connectivity index is 2.76. The SMILES string of the molecule is COC(=O)C(C)Nc1ccc(N)cc1I. The number of ether oxygens (including phenoxy) is 1. The minimum absolute atomic E-state index is 0.289. The molecule has 0 bridgehead atoms. The van der Waals surface area contributed by atoms with Crippen molar-refractivity contribution in [2.24, 2.45) is 0 Å². The van der Waals surface area contributed by atoms with E-state index in [4.69, 9.17) is 5.73 Å². The highest BCUT2D eigenvalue weighted by Gasteiger charge is 2.13. The number of methoxy groups -OCH3 is 1. The molecule has 1 unspecified atom stereocenters. The van der Waals surface area contributed by atoms with E-state index < -0.39 is 0 Å². The number of hydrogen-bond acceptors (Lipinski definition) is 4. The third-order valence-corrected chi connectivity index (χ3v) is 2.81. The number of nitrogen functional groups attached to an aromatic ring is 1. The Hall–Kier alpha value is -0.980. The van der Waals surface area contributed by atoms with Crippen molar-refractivity contribution in [3.05, 3.63) is 21.8 Å². The third-order valence-electron chi connectivity index (χ3n) is 1.92. The maximum atomic E-state index is 11.2. The molecule has 5 heteroatoms. The number of anilines is 2. The normalized spacial score (nSPS) is 11.9. The van der Waals surface area contributed by atoms with Crippen LogP contribution in [0.3, 0.4) is 0 Å². The van der Waals surface area contributed by atoms with Gasteiger partial charge in [0, 0.05) is 14.9 Å². The summed E-state index contributed by atoms with van der Waals surface area (Å²) >= 11 is 2.16. The molecule has 15 heavy (non-hydrogen) atoms. The molecule has 0 radical (unpaired) electrons. The maximum absolute atomic E-state index is 11.2. The Morgan fingerprint density at radius 3 is 2.80 bits per heavy atom. The van der Waals surface area contributed by atoms with Gasteiger partial charge in [0.15, 0.2) is 0 Å². The van der Waals surface area contributed by atoms with E-state index in [1.165, 1.54) is 7.11 Å². The average Bonchev–Trinajstić information content (AvgIpc) is 2.20. The van der Waals surface area contributed by atoms with Gasteiger partial charge < -0.3 is 15.8 Å². The number of carbonyl (C=O) groups excluding carboxylic acids is 1. The number of rotatable bonds is 3. The molecule has 0 spiro atoms. The molecule has 0 amide bonds.